The number of ether oxygens (including phenoxy) is 1. The van der Waals surface area contributed by atoms with E-state index >= 15 is 0 Å². The number of benzene rings is 2. The molecule has 0 radical (unpaired) electrons. The quantitative estimate of drug-likeness (QED) is 0.865. The highest BCUT2D eigenvalue weighted by Crippen LogP contribution is 2.33. The Kier molecular flexibility index (Phi) is 3.88. The number of anilines is 1. The molecule has 20 heavy (non-hydrogen) atoms. The van der Waals surface area contributed by atoms with Crippen molar-refractivity contribution in [3.63, 3.8) is 0 Å². The van der Waals surface area contributed by atoms with Crippen LogP contribution < -0.4 is 10.5 Å². The number of alkyl halides is 1. The van der Waals surface area contributed by atoms with Gasteiger partial charge in [-0.1, -0.05) is 12.1 Å². The minimum atomic E-state index is -1.79. The van der Waals surface area contributed by atoms with Crippen LogP contribution >= 0.6 is 0 Å². The molecule has 0 amide bonds. The summed E-state index contributed by atoms with van der Waals surface area (Å²) >= 11 is 0. The fourth-order valence-electron chi connectivity index (χ4n) is 1.90. The number of halogens is 3. The molecule has 2 aromatic rings. The van der Waals surface area contributed by atoms with Gasteiger partial charge in [-0.15, -0.1) is 0 Å². The molecule has 106 valence electrons. The monoisotopic (exact) mass is 281 g/mol. The molecule has 0 bridgehead atoms. The predicted octanol–water partition coefficient (Wildman–Crippen LogP) is 3.92. The largest absolute Gasteiger partial charge is 0.494 e. The highest BCUT2D eigenvalue weighted by Gasteiger charge is 2.22. The molecular formula is C15H14F3NO. The molecular weight excluding hydrogens is 267 g/mol. The van der Waals surface area contributed by atoms with E-state index in [1.165, 1.54) is 25.3 Å². The molecule has 2 rings (SSSR count). The Bertz CT molecular complexity index is 643. The SMILES string of the molecule is COc1ccc(C(F)c2ccc(C)c(N)c2)c(F)c1F. The second-order valence-electron chi connectivity index (χ2n) is 4.46. The van der Waals surface area contributed by atoms with Gasteiger partial charge in [0.2, 0.25) is 5.82 Å². The number of hydrogen-bond acceptors (Lipinski definition) is 2. The van der Waals surface area contributed by atoms with Gasteiger partial charge in [-0.05, 0) is 36.2 Å². The van der Waals surface area contributed by atoms with Crippen molar-refractivity contribution in [2.75, 3.05) is 12.8 Å². The van der Waals surface area contributed by atoms with E-state index in [0.29, 0.717) is 5.69 Å². The number of nitrogens with two attached hydrogens (primary N) is 1. The first-order chi connectivity index (χ1) is 9.45. The second kappa shape index (κ2) is 5.45. The van der Waals surface area contributed by atoms with E-state index in [2.05, 4.69) is 4.74 Å². The lowest BCUT2D eigenvalue weighted by molar-refractivity contribution is 0.352. The number of nitrogen functional groups attached to an aromatic ring is 1. The van der Waals surface area contributed by atoms with E-state index in [4.69, 9.17) is 5.73 Å². The molecule has 2 nitrogen and oxygen atoms in total. The van der Waals surface area contributed by atoms with Crippen molar-refractivity contribution in [3.8, 4) is 5.75 Å². The standard InChI is InChI=1S/C15H14F3NO/c1-8-3-4-9(7-11(8)19)13(16)10-5-6-12(20-2)15(18)14(10)17/h3-7,13H,19H2,1-2H3. The van der Waals surface area contributed by atoms with Gasteiger partial charge in [-0.25, -0.2) is 8.78 Å². The molecule has 0 fully saturated rings. The zero-order chi connectivity index (χ0) is 14.9. The second-order valence-corrected chi connectivity index (χ2v) is 4.46. The summed E-state index contributed by atoms with van der Waals surface area (Å²) in [4.78, 5) is 0. The fraction of sp³-hybridized carbons (Fsp3) is 0.200. The van der Waals surface area contributed by atoms with Crippen LogP contribution in [0.3, 0.4) is 0 Å². The van der Waals surface area contributed by atoms with Crippen molar-refractivity contribution >= 4 is 5.69 Å². The molecule has 0 saturated carbocycles. The van der Waals surface area contributed by atoms with Crippen molar-refractivity contribution in [2.45, 2.75) is 13.1 Å². The fourth-order valence-corrected chi connectivity index (χ4v) is 1.90. The lowest BCUT2D eigenvalue weighted by Gasteiger charge is -2.13. The summed E-state index contributed by atoms with van der Waals surface area (Å²) in [6.07, 6.45) is -1.79. The number of rotatable bonds is 3. The van der Waals surface area contributed by atoms with Gasteiger partial charge in [0.05, 0.1) is 7.11 Å². The predicted molar refractivity (Wildman–Crippen MR) is 71.5 cm³/mol. The van der Waals surface area contributed by atoms with Crippen molar-refractivity contribution in [2.24, 2.45) is 0 Å². The molecule has 5 heteroatoms. The molecule has 0 heterocycles. The molecule has 0 aliphatic rings. The summed E-state index contributed by atoms with van der Waals surface area (Å²) in [5.74, 6) is -2.72. The molecule has 0 aliphatic heterocycles. The molecule has 0 spiro atoms. The smallest absolute Gasteiger partial charge is 0.200 e. The summed E-state index contributed by atoms with van der Waals surface area (Å²) in [6, 6.07) is 6.91. The third-order valence-corrected chi connectivity index (χ3v) is 3.17. The number of aryl methyl sites for hydroxylation is 1. The summed E-state index contributed by atoms with van der Waals surface area (Å²) in [5, 5.41) is 0. The zero-order valence-corrected chi connectivity index (χ0v) is 11.1. The average Bonchev–Trinajstić information content (AvgIpc) is 2.44. The van der Waals surface area contributed by atoms with Crippen LogP contribution in [0.1, 0.15) is 22.9 Å². The van der Waals surface area contributed by atoms with Crippen LogP contribution in [0.4, 0.5) is 18.9 Å². The van der Waals surface area contributed by atoms with Crippen molar-refractivity contribution in [1.29, 1.82) is 0 Å². The van der Waals surface area contributed by atoms with Crippen molar-refractivity contribution in [3.05, 3.63) is 58.7 Å². The number of hydrogen-bond donors (Lipinski definition) is 1. The maximum Gasteiger partial charge on any atom is 0.200 e. The van der Waals surface area contributed by atoms with Crippen LogP contribution in [0.5, 0.6) is 5.75 Å². The first-order valence-corrected chi connectivity index (χ1v) is 5.97. The Balaban J connectivity index is 2.45. The van der Waals surface area contributed by atoms with E-state index in [9.17, 15) is 13.2 Å². The van der Waals surface area contributed by atoms with Gasteiger partial charge in [0.15, 0.2) is 17.7 Å². The van der Waals surface area contributed by atoms with Crippen LogP contribution in [0.25, 0.3) is 0 Å². The Morgan fingerprint density at radius 3 is 2.40 bits per heavy atom. The number of methoxy groups -OCH3 is 1. The molecule has 1 atom stereocenters. The Hall–Kier alpha value is -2.17. The van der Waals surface area contributed by atoms with Gasteiger partial charge in [-0.2, -0.15) is 4.39 Å². The van der Waals surface area contributed by atoms with Crippen molar-refractivity contribution < 1.29 is 17.9 Å². The highest BCUT2D eigenvalue weighted by atomic mass is 19.2. The highest BCUT2D eigenvalue weighted by molar-refractivity contribution is 5.50. The van der Waals surface area contributed by atoms with E-state index < -0.39 is 17.8 Å². The minimum absolute atomic E-state index is 0.177. The van der Waals surface area contributed by atoms with E-state index in [0.717, 1.165) is 11.6 Å². The Labute approximate surface area is 115 Å². The van der Waals surface area contributed by atoms with Crippen molar-refractivity contribution in [1.82, 2.24) is 0 Å². The lowest BCUT2D eigenvalue weighted by Crippen LogP contribution is -2.03. The summed E-state index contributed by atoms with van der Waals surface area (Å²) in [6.45, 7) is 1.78. The topological polar surface area (TPSA) is 35.2 Å². The molecule has 0 saturated heterocycles. The first kappa shape index (κ1) is 14.2. The van der Waals surface area contributed by atoms with E-state index in [1.54, 1.807) is 13.0 Å². The lowest BCUT2D eigenvalue weighted by atomic mass is 10.00. The first-order valence-electron chi connectivity index (χ1n) is 5.97. The molecule has 2 N–H and O–H groups in total. The van der Waals surface area contributed by atoms with Crippen LogP contribution in [0, 0.1) is 18.6 Å². The van der Waals surface area contributed by atoms with Gasteiger partial charge in [0, 0.05) is 11.3 Å². The van der Waals surface area contributed by atoms with Gasteiger partial charge in [-0.3, -0.25) is 0 Å². The third kappa shape index (κ3) is 2.43. The maximum atomic E-state index is 14.4. The van der Waals surface area contributed by atoms with Crippen LogP contribution in [-0.2, 0) is 0 Å². The summed E-state index contributed by atoms with van der Waals surface area (Å²) < 4.78 is 46.4. The van der Waals surface area contributed by atoms with Gasteiger partial charge < -0.3 is 10.5 Å². The maximum absolute atomic E-state index is 14.4. The molecule has 0 aromatic heterocycles. The van der Waals surface area contributed by atoms with Crippen LogP contribution in [0.2, 0.25) is 0 Å². The normalized spacial score (nSPS) is 12.2. The minimum Gasteiger partial charge on any atom is -0.494 e. The molecule has 0 aliphatic carbocycles. The van der Waals surface area contributed by atoms with Gasteiger partial charge in [0.25, 0.3) is 0 Å². The Morgan fingerprint density at radius 2 is 1.80 bits per heavy atom. The molecule has 1 unspecified atom stereocenters. The van der Waals surface area contributed by atoms with Crippen LogP contribution in [-0.4, -0.2) is 7.11 Å². The average molecular weight is 281 g/mol. The Morgan fingerprint density at radius 1 is 1.10 bits per heavy atom. The van der Waals surface area contributed by atoms with Gasteiger partial charge in [0.1, 0.15) is 0 Å². The molecule has 2 aromatic carbocycles. The third-order valence-electron chi connectivity index (χ3n) is 3.17. The van der Waals surface area contributed by atoms with E-state index in [-0.39, 0.29) is 16.9 Å². The summed E-state index contributed by atoms with van der Waals surface area (Å²) in [5.41, 5.74) is 6.69. The van der Waals surface area contributed by atoms with Crippen LogP contribution in [0.15, 0.2) is 30.3 Å². The zero-order valence-electron chi connectivity index (χ0n) is 11.1. The summed E-state index contributed by atoms with van der Waals surface area (Å²) in [7, 11) is 1.21. The van der Waals surface area contributed by atoms with Gasteiger partial charge >= 0.3 is 0 Å². The van der Waals surface area contributed by atoms with E-state index in [1.807, 2.05) is 0 Å².